The maximum atomic E-state index is 12.2. The van der Waals surface area contributed by atoms with Crippen molar-refractivity contribution in [1.82, 2.24) is 10.3 Å². The Kier molecular flexibility index (Phi) is 4.16. The molecule has 1 aliphatic rings. The summed E-state index contributed by atoms with van der Waals surface area (Å²) in [6, 6.07) is 12.5. The minimum atomic E-state index is -0.629. The first-order valence-corrected chi connectivity index (χ1v) is 9.09. The molecule has 0 spiro atoms. The van der Waals surface area contributed by atoms with Crippen LogP contribution in [0.1, 0.15) is 28.7 Å². The van der Waals surface area contributed by atoms with Gasteiger partial charge in [-0.15, -0.1) is 0 Å². The fourth-order valence-electron chi connectivity index (χ4n) is 3.19. The number of hydrogen-bond acceptors (Lipinski definition) is 8. The van der Waals surface area contributed by atoms with E-state index in [1.54, 1.807) is 18.2 Å². The van der Waals surface area contributed by atoms with E-state index in [-0.39, 0.29) is 18.4 Å². The molecule has 29 heavy (non-hydrogen) atoms. The molecule has 146 valence electrons. The summed E-state index contributed by atoms with van der Waals surface area (Å²) in [6.07, 6.45) is 2.58. The van der Waals surface area contributed by atoms with Crippen molar-refractivity contribution >= 4 is 5.97 Å². The highest BCUT2D eigenvalue weighted by Crippen LogP contribution is 2.33. The second kappa shape index (κ2) is 6.97. The molecule has 5 rings (SSSR count). The van der Waals surface area contributed by atoms with Gasteiger partial charge in [0.15, 0.2) is 17.2 Å². The number of carbonyl (C=O) groups is 1. The number of ether oxygens (including phenoxy) is 2. The van der Waals surface area contributed by atoms with Crippen LogP contribution in [0.3, 0.4) is 0 Å². The first-order valence-electron chi connectivity index (χ1n) is 9.09. The van der Waals surface area contributed by atoms with Crippen molar-refractivity contribution in [3.05, 3.63) is 65.7 Å². The van der Waals surface area contributed by atoms with E-state index in [0.29, 0.717) is 23.0 Å². The lowest BCUT2D eigenvalue weighted by Crippen LogP contribution is -2.05. The van der Waals surface area contributed by atoms with E-state index in [0.717, 1.165) is 17.7 Å². The minimum absolute atomic E-state index is 0.0463. The summed E-state index contributed by atoms with van der Waals surface area (Å²) in [5.74, 6) is 1.63. The second-order valence-corrected chi connectivity index (χ2v) is 6.77. The third-order valence-corrected chi connectivity index (χ3v) is 4.58. The molecule has 0 saturated heterocycles. The Bertz CT molecular complexity index is 1160. The molecular formula is C21H16N2O6. The van der Waals surface area contributed by atoms with E-state index >= 15 is 0 Å². The van der Waals surface area contributed by atoms with Crippen LogP contribution in [0, 0.1) is 0 Å². The maximum absolute atomic E-state index is 12.2. The summed E-state index contributed by atoms with van der Waals surface area (Å²) < 4.78 is 26.7. The standard InChI is InChI=1S/C21H16N2O6/c1-12-7-13-4-5-14(8-18(13)27-12)19-9-15(22-28-19)11-26-21(24)16-10-20(29-23-16)17-3-2-6-25-17/h2-6,8-10,12H,7,11H2,1H3. The van der Waals surface area contributed by atoms with Gasteiger partial charge >= 0.3 is 5.97 Å². The zero-order valence-corrected chi connectivity index (χ0v) is 15.5. The zero-order valence-electron chi connectivity index (χ0n) is 15.5. The van der Waals surface area contributed by atoms with E-state index < -0.39 is 5.97 Å². The van der Waals surface area contributed by atoms with Gasteiger partial charge in [-0.3, -0.25) is 0 Å². The second-order valence-electron chi connectivity index (χ2n) is 6.77. The molecule has 0 bridgehead atoms. The molecule has 1 aromatic carbocycles. The van der Waals surface area contributed by atoms with Crippen LogP contribution in [0.15, 0.2) is 62.2 Å². The Hall–Kier alpha value is -3.81. The summed E-state index contributed by atoms with van der Waals surface area (Å²) >= 11 is 0. The Morgan fingerprint density at radius 3 is 2.86 bits per heavy atom. The van der Waals surface area contributed by atoms with Crippen LogP contribution in [0.25, 0.3) is 22.8 Å². The zero-order chi connectivity index (χ0) is 19.8. The summed E-state index contributed by atoms with van der Waals surface area (Å²) in [4.78, 5) is 12.2. The van der Waals surface area contributed by atoms with Crippen LogP contribution in [0.4, 0.5) is 0 Å². The minimum Gasteiger partial charge on any atom is -0.490 e. The number of benzene rings is 1. The maximum Gasteiger partial charge on any atom is 0.360 e. The number of aromatic nitrogens is 2. The number of esters is 1. The predicted molar refractivity (Wildman–Crippen MR) is 99.1 cm³/mol. The molecular weight excluding hydrogens is 376 g/mol. The molecule has 0 aliphatic carbocycles. The summed E-state index contributed by atoms with van der Waals surface area (Å²) in [5.41, 5.74) is 2.56. The fraction of sp³-hybridized carbons (Fsp3) is 0.190. The number of furan rings is 1. The third kappa shape index (κ3) is 3.40. The first-order chi connectivity index (χ1) is 14.2. The molecule has 0 radical (unpaired) electrons. The third-order valence-electron chi connectivity index (χ3n) is 4.58. The summed E-state index contributed by atoms with van der Waals surface area (Å²) in [6.45, 7) is 1.98. The van der Waals surface area contributed by atoms with Gasteiger partial charge in [-0.2, -0.15) is 0 Å². The van der Waals surface area contributed by atoms with Gasteiger partial charge in [0, 0.05) is 24.1 Å². The highest BCUT2D eigenvalue weighted by Gasteiger charge is 2.21. The van der Waals surface area contributed by atoms with Crippen molar-refractivity contribution < 1.29 is 27.7 Å². The van der Waals surface area contributed by atoms with Crippen molar-refractivity contribution in [1.29, 1.82) is 0 Å². The highest BCUT2D eigenvalue weighted by atomic mass is 16.5. The van der Waals surface area contributed by atoms with Crippen LogP contribution in [0.2, 0.25) is 0 Å². The summed E-state index contributed by atoms with van der Waals surface area (Å²) in [5, 5.41) is 7.67. The molecule has 4 heterocycles. The van der Waals surface area contributed by atoms with E-state index in [9.17, 15) is 4.79 Å². The van der Waals surface area contributed by atoms with Gasteiger partial charge in [0.25, 0.3) is 0 Å². The normalized spacial score (nSPS) is 15.1. The Labute approximate surface area is 165 Å². The van der Waals surface area contributed by atoms with Crippen molar-refractivity contribution in [2.75, 3.05) is 0 Å². The number of nitrogens with zero attached hydrogens (tertiary/aromatic N) is 2. The Balaban J connectivity index is 1.24. The molecule has 0 N–H and O–H groups in total. The van der Waals surface area contributed by atoms with Crippen molar-refractivity contribution in [2.45, 2.75) is 26.1 Å². The van der Waals surface area contributed by atoms with Crippen molar-refractivity contribution in [2.24, 2.45) is 0 Å². The van der Waals surface area contributed by atoms with Gasteiger partial charge in [-0.1, -0.05) is 22.4 Å². The van der Waals surface area contributed by atoms with E-state index in [1.165, 1.54) is 17.9 Å². The lowest BCUT2D eigenvalue weighted by atomic mass is 10.1. The molecule has 4 aromatic rings. The number of fused-ring (bicyclic) bond motifs is 1. The number of hydrogen-bond donors (Lipinski definition) is 0. The Morgan fingerprint density at radius 2 is 2.00 bits per heavy atom. The topological polar surface area (TPSA) is 101 Å². The molecule has 8 heteroatoms. The molecule has 1 unspecified atom stereocenters. The highest BCUT2D eigenvalue weighted by molar-refractivity contribution is 5.88. The van der Waals surface area contributed by atoms with Gasteiger partial charge < -0.3 is 22.9 Å². The monoisotopic (exact) mass is 392 g/mol. The van der Waals surface area contributed by atoms with Crippen LogP contribution in [-0.4, -0.2) is 22.4 Å². The van der Waals surface area contributed by atoms with E-state index in [4.69, 9.17) is 22.9 Å². The molecule has 3 aromatic heterocycles. The lowest BCUT2D eigenvalue weighted by molar-refractivity contribution is 0.0452. The van der Waals surface area contributed by atoms with Crippen LogP contribution < -0.4 is 4.74 Å². The number of rotatable bonds is 5. The molecule has 0 fully saturated rings. The largest absolute Gasteiger partial charge is 0.490 e. The van der Waals surface area contributed by atoms with Gasteiger partial charge in [-0.25, -0.2) is 4.79 Å². The lowest BCUT2D eigenvalue weighted by Gasteiger charge is -2.03. The van der Waals surface area contributed by atoms with Gasteiger partial charge in [0.1, 0.15) is 24.2 Å². The average Bonchev–Trinajstić information content (AvgIpc) is 3.51. The molecule has 0 saturated carbocycles. The molecule has 8 nitrogen and oxygen atoms in total. The predicted octanol–water partition coefficient (Wildman–Crippen LogP) is 4.27. The molecule has 1 atom stereocenters. The van der Waals surface area contributed by atoms with E-state index in [1.807, 2.05) is 25.1 Å². The number of carbonyl (C=O) groups excluding carboxylic acids is 1. The van der Waals surface area contributed by atoms with Gasteiger partial charge in [0.2, 0.25) is 5.76 Å². The average molecular weight is 392 g/mol. The quantitative estimate of drug-likeness (QED) is 0.464. The van der Waals surface area contributed by atoms with Crippen LogP contribution in [0.5, 0.6) is 5.75 Å². The smallest absolute Gasteiger partial charge is 0.360 e. The van der Waals surface area contributed by atoms with Crippen molar-refractivity contribution in [3.63, 3.8) is 0 Å². The Morgan fingerprint density at radius 1 is 1.10 bits per heavy atom. The van der Waals surface area contributed by atoms with Gasteiger partial charge in [0.05, 0.1) is 6.26 Å². The first kappa shape index (κ1) is 17.3. The SMILES string of the molecule is CC1Cc2ccc(-c3cc(COC(=O)c4cc(-c5ccco5)on4)no3)cc2O1. The van der Waals surface area contributed by atoms with Gasteiger partial charge in [-0.05, 0) is 30.7 Å². The van der Waals surface area contributed by atoms with Crippen LogP contribution in [-0.2, 0) is 17.8 Å². The summed E-state index contributed by atoms with van der Waals surface area (Å²) in [7, 11) is 0. The molecule has 0 amide bonds. The fourth-order valence-corrected chi connectivity index (χ4v) is 3.19. The van der Waals surface area contributed by atoms with Crippen molar-refractivity contribution in [3.8, 4) is 28.6 Å². The van der Waals surface area contributed by atoms with E-state index in [2.05, 4.69) is 10.3 Å². The van der Waals surface area contributed by atoms with Crippen LogP contribution >= 0.6 is 0 Å². The molecule has 1 aliphatic heterocycles.